The van der Waals surface area contributed by atoms with Crippen molar-refractivity contribution >= 4 is 105 Å². The maximum atomic E-state index is 9.84. The molecule has 0 atom stereocenters. The fraction of sp³-hybridized carbons (Fsp3) is 0.133. The fourth-order valence-corrected chi connectivity index (χ4v) is 15.1. The molecule has 3 nitrogen and oxygen atoms in total. The SMILES string of the molecule is [2H]c1c([2H])c([2H])c2c(c1[2H])c1c([2H])c([2H])c([2H])c([2H])c1n2-c1ccc2c(c1)N(c1c(-c3ccccc3)cccc1-c1ccccc1)c1cc(-c3cc(C(C)(C)C)cc(C(C)(C)C)c3)cc3c1B2c1cc(-c2ccc(C(C)(C)C)cc2)cc2c4ccccc4c4ccccc4c4ccccc4n-3c12. The normalized spacial score (nSPS) is 14.1. The predicted octanol–water partition coefficient (Wildman–Crippen LogP) is 22.5. The summed E-state index contributed by atoms with van der Waals surface area (Å²) in [6, 6.07) is 83.0. The molecule has 0 saturated carbocycles. The molecule has 0 aliphatic carbocycles. The lowest BCUT2D eigenvalue weighted by atomic mass is 9.33. The van der Waals surface area contributed by atoms with Gasteiger partial charge in [-0.3, -0.25) is 0 Å². The molecule has 94 heavy (non-hydrogen) atoms. The third-order valence-corrected chi connectivity index (χ3v) is 19.8. The number of aromatic nitrogens is 2. The average molecular weight is 1220 g/mol. The van der Waals surface area contributed by atoms with Crippen LogP contribution in [0.5, 0.6) is 0 Å². The fourth-order valence-electron chi connectivity index (χ4n) is 15.1. The molecule has 452 valence electrons. The highest BCUT2D eigenvalue weighted by molar-refractivity contribution is 7.00. The highest BCUT2D eigenvalue weighted by atomic mass is 15.2. The first-order valence-electron chi connectivity index (χ1n) is 36.8. The van der Waals surface area contributed by atoms with Gasteiger partial charge in [-0.15, -0.1) is 0 Å². The highest BCUT2D eigenvalue weighted by Crippen LogP contribution is 2.51. The molecule has 0 N–H and O–H groups in total. The largest absolute Gasteiger partial charge is 0.310 e. The van der Waals surface area contributed by atoms with Gasteiger partial charge in [0.2, 0.25) is 0 Å². The van der Waals surface area contributed by atoms with Gasteiger partial charge in [-0.25, -0.2) is 0 Å². The van der Waals surface area contributed by atoms with Crippen LogP contribution in [0.3, 0.4) is 0 Å². The summed E-state index contributed by atoms with van der Waals surface area (Å²) < 4.78 is 79.7. The zero-order chi connectivity index (χ0) is 70.9. The summed E-state index contributed by atoms with van der Waals surface area (Å²) in [5.41, 5.74) is 20.4. The van der Waals surface area contributed by atoms with Gasteiger partial charge in [-0.05, 0) is 153 Å². The average Bonchev–Trinajstić information content (AvgIpc) is 1.00. The summed E-state index contributed by atoms with van der Waals surface area (Å²) in [5, 5.41) is 6.58. The van der Waals surface area contributed by atoms with E-state index in [4.69, 9.17) is 2.74 Å². The Morgan fingerprint density at radius 1 is 0.309 bits per heavy atom. The minimum Gasteiger partial charge on any atom is -0.310 e. The van der Waals surface area contributed by atoms with Crippen molar-refractivity contribution < 1.29 is 11.0 Å². The Kier molecular flexibility index (Phi) is 11.2. The Morgan fingerprint density at radius 2 is 0.798 bits per heavy atom. The monoisotopic (exact) mass is 1220 g/mol. The van der Waals surface area contributed by atoms with Gasteiger partial charge in [0.05, 0.1) is 33.2 Å². The Hall–Kier alpha value is -10.7. The quantitative estimate of drug-likeness (QED) is 0.151. The van der Waals surface area contributed by atoms with E-state index in [1.807, 2.05) is 18.2 Å². The number of rotatable bonds is 6. The molecule has 0 bridgehead atoms. The van der Waals surface area contributed by atoms with Crippen LogP contribution in [0.4, 0.5) is 17.1 Å². The van der Waals surface area contributed by atoms with Gasteiger partial charge in [0.1, 0.15) is 0 Å². The first-order chi connectivity index (χ1) is 48.9. The standard InChI is InChI=1S/C90H74BN3/c1-88(2,3)63-45-43-57(44-46-63)61-51-76-72-34-19-17-32-70(72)69-31-16-18-33-71(69)73-35-20-25-42-81(73)93-83-53-62(60-49-64(89(4,5)6)55-65(50-60)90(7,8)9)54-84-85(83)91(78(52-61)87(76)93)77-48-47-66(92-79-40-23-21-36-74(79)75-37-22-24-41-80(75)92)56-82(77)94(84)86-67(58-27-12-10-13-28-58)38-26-39-68(86)59-29-14-11-15-30-59/h10-56H,1-9H3/i21D,22D,23D,24D,36D,37D,40D,41D. The smallest absolute Gasteiger partial charge is 0.252 e. The maximum absolute atomic E-state index is 9.84. The summed E-state index contributed by atoms with van der Waals surface area (Å²) in [6.45, 7) is 20.0. The molecular formula is C90H74BN3. The van der Waals surface area contributed by atoms with Crippen molar-refractivity contribution in [2.75, 3.05) is 4.90 Å². The van der Waals surface area contributed by atoms with Crippen LogP contribution in [-0.4, -0.2) is 15.8 Å². The van der Waals surface area contributed by atoms with Crippen LogP contribution in [0.25, 0.3) is 121 Å². The minimum absolute atomic E-state index is 0.0158. The van der Waals surface area contributed by atoms with E-state index in [0.717, 1.165) is 127 Å². The summed E-state index contributed by atoms with van der Waals surface area (Å²) >= 11 is 0. The molecule has 2 aliphatic heterocycles. The second-order valence-electron chi connectivity index (χ2n) is 28.7. The zero-order valence-corrected chi connectivity index (χ0v) is 54.4. The van der Waals surface area contributed by atoms with Crippen molar-refractivity contribution in [1.29, 1.82) is 0 Å². The van der Waals surface area contributed by atoms with E-state index < -0.39 is 30.9 Å². The Labute approximate surface area is 563 Å². The first-order valence-corrected chi connectivity index (χ1v) is 32.8. The summed E-state index contributed by atoms with van der Waals surface area (Å²) in [5.74, 6) is 0. The van der Waals surface area contributed by atoms with Crippen molar-refractivity contribution in [2.45, 2.75) is 78.6 Å². The van der Waals surface area contributed by atoms with Crippen molar-refractivity contribution in [3.63, 3.8) is 0 Å². The highest BCUT2D eigenvalue weighted by Gasteiger charge is 2.44. The van der Waals surface area contributed by atoms with E-state index in [-0.39, 0.29) is 62.2 Å². The number of nitrogens with zero attached hydrogens (tertiary/aromatic N) is 3. The van der Waals surface area contributed by atoms with Crippen molar-refractivity contribution in [3.05, 3.63) is 302 Å². The van der Waals surface area contributed by atoms with Gasteiger partial charge in [0, 0.05) is 60.9 Å². The Morgan fingerprint density at radius 3 is 1.37 bits per heavy atom. The van der Waals surface area contributed by atoms with E-state index in [0.29, 0.717) is 5.69 Å². The molecule has 0 spiro atoms. The third kappa shape index (κ3) is 9.16. The molecule has 2 aromatic heterocycles. The van der Waals surface area contributed by atoms with Gasteiger partial charge < -0.3 is 14.0 Å². The second-order valence-corrected chi connectivity index (χ2v) is 28.7. The zero-order valence-electron chi connectivity index (χ0n) is 62.4. The lowest BCUT2D eigenvalue weighted by molar-refractivity contribution is 0.569. The van der Waals surface area contributed by atoms with E-state index in [1.165, 1.54) is 16.7 Å². The maximum Gasteiger partial charge on any atom is 0.252 e. The molecule has 0 saturated heterocycles. The molecule has 0 fully saturated rings. The van der Waals surface area contributed by atoms with Crippen LogP contribution in [0, 0.1) is 0 Å². The van der Waals surface area contributed by atoms with E-state index >= 15 is 0 Å². The number of hydrogen-bond donors (Lipinski definition) is 0. The van der Waals surface area contributed by atoms with Gasteiger partial charge in [0.25, 0.3) is 6.71 Å². The van der Waals surface area contributed by atoms with E-state index in [2.05, 4.69) is 290 Å². The van der Waals surface area contributed by atoms with E-state index in [1.54, 1.807) is 4.57 Å². The topological polar surface area (TPSA) is 13.1 Å². The van der Waals surface area contributed by atoms with Crippen LogP contribution >= 0.6 is 0 Å². The summed E-state index contributed by atoms with van der Waals surface area (Å²) in [7, 11) is 0. The summed E-state index contributed by atoms with van der Waals surface area (Å²) in [4.78, 5) is 2.45. The van der Waals surface area contributed by atoms with Gasteiger partial charge >= 0.3 is 0 Å². The Bertz CT molecular complexity index is 6010. The number of fused-ring (bicyclic) bond motifs is 14. The molecule has 0 amide bonds. The molecule has 15 aromatic rings. The number of anilines is 3. The third-order valence-electron chi connectivity index (χ3n) is 19.8. The molecule has 4 heterocycles. The predicted molar refractivity (Wildman–Crippen MR) is 405 cm³/mol. The van der Waals surface area contributed by atoms with Gasteiger partial charge in [-0.2, -0.15) is 0 Å². The first kappa shape index (κ1) is 49.0. The Balaban J connectivity index is 1.14. The lowest BCUT2D eigenvalue weighted by Crippen LogP contribution is -2.60. The van der Waals surface area contributed by atoms with Gasteiger partial charge in [-0.1, -0.05) is 299 Å². The van der Waals surface area contributed by atoms with Crippen LogP contribution < -0.4 is 21.3 Å². The van der Waals surface area contributed by atoms with Crippen LogP contribution in [0.15, 0.2) is 285 Å². The van der Waals surface area contributed by atoms with Crippen molar-refractivity contribution in [3.8, 4) is 55.9 Å². The second kappa shape index (κ2) is 21.4. The number of hydrogen-bond acceptors (Lipinski definition) is 1. The van der Waals surface area contributed by atoms with Crippen molar-refractivity contribution in [2.24, 2.45) is 0 Å². The number of benzene rings is 13. The van der Waals surface area contributed by atoms with Gasteiger partial charge in [0.15, 0.2) is 0 Å². The van der Waals surface area contributed by atoms with Crippen LogP contribution in [0.1, 0.15) is 90.0 Å². The molecule has 13 aromatic carbocycles. The molecule has 0 radical (unpaired) electrons. The minimum atomic E-state index is -0.506. The lowest BCUT2D eigenvalue weighted by Gasteiger charge is -2.43. The molecule has 0 unspecified atom stereocenters. The number of para-hydroxylation sites is 4. The molecular weight excluding hydrogens is 1130 g/mol. The van der Waals surface area contributed by atoms with Crippen molar-refractivity contribution in [1.82, 2.24) is 9.13 Å². The molecule has 4 heteroatoms. The molecule has 17 rings (SSSR count). The molecule has 2 aliphatic rings. The van der Waals surface area contributed by atoms with Crippen LogP contribution in [0.2, 0.25) is 0 Å². The van der Waals surface area contributed by atoms with Crippen LogP contribution in [-0.2, 0) is 16.2 Å². The summed E-state index contributed by atoms with van der Waals surface area (Å²) in [6.07, 6.45) is 0. The van der Waals surface area contributed by atoms with E-state index in [9.17, 15) is 8.22 Å².